The second-order valence-corrected chi connectivity index (χ2v) is 10.4. The van der Waals surface area contributed by atoms with Gasteiger partial charge in [-0.05, 0) is 18.2 Å². The van der Waals surface area contributed by atoms with Crippen molar-refractivity contribution in [1.82, 2.24) is 0 Å². The van der Waals surface area contributed by atoms with Gasteiger partial charge in [0.05, 0.1) is 20.3 Å². The Morgan fingerprint density at radius 2 is 1.40 bits per heavy atom. The predicted molar refractivity (Wildman–Crippen MR) is 146 cm³/mol. The minimum absolute atomic E-state index is 0.0292. The van der Waals surface area contributed by atoms with Crippen LogP contribution in [0.1, 0.15) is 0 Å². The summed E-state index contributed by atoms with van der Waals surface area (Å²) in [5.74, 6) is -2.64. The summed E-state index contributed by atoms with van der Waals surface area (Å²) in [6.45, 7) is -1.62. The maximum absolute atomic E-state index is 13.0. The lowest BCUT2D eigenvalue weighted by Gasteiger charge is -2.45. The molecule has 45 heavy (non-hydrogen) atoms. The second kappa shape index (κ2) is 12.9. The quantitative estimate of drug-likeness (QED) is 0.115. The van der Waals surface area contributed by atoms with Crippen molar-refractivity contribution in [2.24, 2.45) is 0 Å². The molecule has 2 aliphatic rings. The molecule has 5 rings (SSSR count). The lowest BCUT2D eigenvalue weighted by Crippen LogP contribution is -2.65. The summed E-state index contributed by atoms with van der Waals surface area (Å²) in [5.41, 5.74) is -0.768. The van der Waals surface area contributed by atoms with Gasteiger partial charge < -0.3 is 79.2 Å². The minimum Gasteiger partial charge on any atom is -0.504 e. The SMILES string of the molecule is COc1cc(-c2cc(=O)c3c(O)c(O)c(OC4OC(CO)C(O)C(O)C4OC4OC(CO)C(O)C(O)C4O)cc3o2)ccc1O. The van der Waals surface area contributed by atoms with Crippen molar-refractivity contribution < 1.29 is 79.2 Å². The molecule has 0 saturated carbocycles. The number of phenols is 3. The lowest BCUT2D eigenvalue weighted by molar-refractivity contribution is -0.358. The van der Waals surface area contributed by atoms with E-state index in [9.17, 15) is 55.9 Å². The van der Waals surface area contributed by atoms with Crippen LogP contribution in [0.25, 0.3) is 22.3 Å². The van der Waals surface area contributed by atoms with Gasteiger partial charge in [0.25, 0.3) is 0 Å². The van der Waals surface area contributed by atoms with Gasteiger partial charge in [-0.1, -0.05) is 0 Å². The minimum atomic E-state index is -1.92. The first-order chi connectivity index (χ1) is 21.4. The van der Waals surface area contributed by atoms with Crippen LogP contribution in [0.5, 0.6) is 28.7 Å². The Hall–Kier alpha value is -3.75. The summed E-state index contributed by atoms with van der Waals surface area (Å²) in [7, 11) is 1.32. The first-order valence-corrected chi connectivity index (χ1v) is 13.5. The van der Waals surface area contributed by atoms with Crippen LogP contribution in [-0.2, 0) is 14.2 Å². The molecule has 2 aromatic carbocycles. The highest BCUT2D eigenvalue weighted by atomic mass is 16.8. The van der Waals surface area contributed by atoms with Gasteiger partial charge >= 0.3 is 0 Å². The van der Waals surface area contributed by atoms with Gasteiger partial charge in [-0.2, -0.15) is 0 Å². The van der Waals surface area contributed by atoms with Gasteiger partial charge in [-0.25, -0.2) is 0 Å². The molecule has 0 aliphatic carbocycles. The van der Waals surface area contributed by atoms with Crippen molar-refractivity contribution in [2.75, 3.05) is 20.3 Å². The number of methoxy groups -OCH3 is 1. The zero-order valence-corrected chi connectivity index (χ0v) is 23.4. The highest BCUT2D eigenvalue weighted by Gasteiger charge is 2.51. The molecule has 2 fully saturated rings. The third kappa shape index (κ3) is 5.98. The average Bonchev–Trinajstić information content (AvgIpc) is 3.02. The third-order valence-electron chi connectivity index (χ3n) is 7.60. The molecule has 10 atom stereocenters. The summed E-state index contributed by atoms with van der Waals surface area (Å²) in [6, 6.07) is 6.15. The number of ether oxygens (including phenoxy) is 5. The number of hydrogen-bond donors (Lipinski definition) is 10. The monoisotopic (exact) mass is 640 g/mol. The van der Waals surface area contributed by atoms with Crippen molar-refractivity contribution in [3.8, 4) is 40.1 Å². The standard InChI is InChI=1S/C28H32O17/c1-40-13-4-9(2-3-10(13)31)12-5-11(32)18-14(41-12)6-15(19(33)22(18)36)42-28-26(24(38)21(35)17(8-30)44-28)45-27-25(39)23(37)20(34)16(7-29)43-27/h2-6,16-17,20-21,23-31,33-39H,7-8H2,1H3. The highest BCUT2D eigenvalue weighted by molar-refractivity contribution is 5.89. The number of hydrogen-bond acceptors (Lipinski definition) is 17. The molecule has 17 heteroatoms. The molecule has 3 heterocycles. The molecule has 2 saturated heterocycles. The van der Waals surface area contributed by atoms with Crippen LogP contribution >= 0.6 is 0 Å². The number of aromatic hydroxyl groups is 3. The maximum Gasteiger partial charge on any atom is 0.229 e. The highest BCUT2D eigenvalue weighted by Crippen LogP contribution is 2.43. The van der Waals surface area contributed by atoms with E-state index in [0.717, 1.165) is 12.1 Å². The molecular formula is C28H32O17. The van der Waals surface area contributed by atoms with Gasteiger partial charge in [0.1, 0.15) is 59.5 Å². The first-order valence-electron chi connectivity index (χ1n) is 13.5. The summed E-state index contributed by atoms with van der Waals surface area (Å²) in [4.78, 5) is 13.0. The largest absolute Gasteiger partial charge is 0.504 e. The zero-order chi connectivity index (χ0) is 32.7. The summed E-state index contributed by atoms with van der Waals surface area (Å²) in [5, 5.41) is 102. The summed E-state index contributed by atoms with van der Waals surface area (Å²) >= 11 is 0. The molecule has 17 nitrogen and oxygen atoms in total. The van der Waals surface area contributed by atoms with E-state index in [1.165, 1.54) is 25.3 Å². The van der Waals surface area contributed by atoms with Gasteiger partial charge in [-0.15, -0.1) is 0 Å². The normalized spacial score (nSPS) is 32.0. The van der Waals surface area contributed by atoms with Crippen LogP contribution in [0, 0.1) is 0 Å². The van der Waals surface area contributed by atoms with Crippen molar-refractivity contribution in [3.05, 3.63) is 40.6 Å². The van der Waals surface area contributed by atoms with Crippen LogP contribution in [0.15, 0.2) is 39.5 Å². The van der Waals surface area contributed by atoms with Gasteiger partial charge in [0.15, 0.2) is 40.8 Å². The van der Waals surface area contributed by atoms with Crippen LogP contribution in [0.2, 0.25) is 0 Å². The summed E-state index contributed by atoms with van der Waals surface area (Å²) in [6.07, 6.45) is -17.5. The molecule has 0 amide bonds. The topological polar surface area (TPSA) is 279 Å². The van der Waals surface area contributed by atoms with E-state index in [1.807, 2.05) is 0 Å². The fourth-order valence-corrected chi connectivity index (χ4v) is 5.09. The Bertz CT molecular complexity index is 1570. The smallest absolute Gasteiger partial charge is 0.229 e. The molecule has 3 aromatic rings. The van der Waals surface area contributed by atoms with Crippen molar-refractivity contribution in [3.63, 3.8) is 0 Å². The van der Waals surface area contributed by atoms with E-state index in [4.69, 9.17) is 28.1 Å². The van der Waals surface area contributed by atoms with E-state index in [-0.39, 0.29) is 22.8 Å². The van der Waals surface area contributed by atoms with E-state index in [2.05, 4.69) is 0 Å². The Kier molecular flexibility index (Phi) is 9.38. The molecule has 10 unspecified atom stereocenters. The lowest BCUT2D eigenvalue weighted by atomic mass is 9.97. The van der Waals surface area contributed by atoms with Crippen LogP contribution < -0.4 is 14.9 Å². The average molecular weight is 641 g/mol. The fourth-order valence-electron chi connectivity index (χ4n) is 5.09. The molecule has 2 aliphatic heterocycles. The van der Waals surface area contributed by atoms with Crippen LogP contribution in [0.3, 0.4) is 0 Å². The predicted octanol–water partition coefficient (Wildman–Crippen LogP) is -2.41. The number of aliphatic hydroxyl groups is 7. The molecule has 0 radical (unpaired) electrons. The van der Waals surface area contributed by atoms with E-state index >= 15 is 0 Å². The van der Waals surface area contributed by atoms with Crippen LogP contribution in [0.4, 0.5) is 0 Å². The number of benzene rings is 2. The zero-order valence-electron chi connectivity index (χ0n) is 23.4. The molecule has 246 valence electrons. The number of phenolic OH excluding ortho intramolecular Hbond substituents is 3. The molecule has 1 aromatic heterocycles. The Morgan fingerprint density at radius 1 is 0.756 bits per heavy atom. The molecular weight excluding hydrogens is 608 g/mol. The fraction of sp³-hybridized carbons (Fsp3) is 0.464. The Morgan fingerprint density at radius 3 is 2.04 bits per heavy atom. The summed E-state index contributed by atoms with van der Waals surface area (Å²) < 4.78 is 33.0. The number of rotatable bonds is 8. The van der Waals surface area contributed by atoms with E-state index < -0.39 is 103 Å². The van der Waals surface area contributed by atoms with E-state index in [1.54, 1.807) is 0 Å². The first kappa shape index (κ1) is 32.6. The van der Waals surface area contributed by atoms with Crippen LogP contribution in [-0.4, -0.2) is 133 Å². The Balaban J connectivity index is 1.52. The molecule has 0 bridgehead atoms. The van der Waals surface area contributed by atoms with Crippen molar-refractivity contribution in [2.45, 2.75) is 61.4 Å². The number of fused-ring (bicyclic) bond motifs is 1. The molecule has 0 spiro atoms. The number of aliphatic hydroxyl groups excluding tert-OH is 7. The van der Waals surface area contributed by atoms with Crippen molar-refractivity contribution >= 4 is 11.0 Å². The maximum atomic E-state index is 13.0. The Labute approximate surface area is 252 Å². The second-order valence-electron chi connectivity index (χ2n) is 10.4. The van der Waals surface area contributed by atoms with Gasteiger partial charge in [0, 0.05) is 17.7 Å². The van der Waals surface area contributed by atoms with Gasteiger partial charge in [-0.3, -0.25) is 4.79 Å². The van der Waals surface area contributed by atoms with Gasteiger partial charge in [0.2, 0.25) is 12.0 Å². The van der Waals surface area contributed by atoms with Crippen molar-refractivity contribution in [1.29, 1.82) is 0 Å². The third-order valence-corrected chi connectivity index (χ3v) is 7.60. The van der Waals surface area contributed by atoms with E-state index in [0.29, 0.717) is 5.56 Å². The molecule has 10 N–H and O–H groups in total.